The van der Waals surface area contributed by atoms with Crippen LogP contribution in [0.3, 0.4) is 0 Å². The molecule has 0 bridgehead atoms. The fourth-order valence-electron chi connectivity index (χ4n) is 4.09. The number of ether oxygens (including phenoxy) is 1. The first-order valence-electron chi connectivity index (χ1n) is 9.49. The molecule has 9 heteroatoms. The van der Waals surface area contributed by atoms with Gasteiger partial charge in [-0.1, -0.05) is 0 Å². The van der Waals surface area contributed by atoms with Crippen molar-refractivity contribution < 1.29 is 22.7 Å². The summed E-state index contributed by atoms with van der Waals surface area (Å²) >= 11 is 0. The average Bonchev–Trinajstić information content (AvgIpc) is 3.17. The third-order valence-corrected chi connectivity index (χ3v) is 5.63. The summed E-state index contributed by atoms with van der Waals surface area (Å²) in [7, 11) is 1.56. The van der Waals surface area contributed by atoms with Crippen molar-refractivity contribution in [3.63, 3.8) is 0 Å². The first-order chi connectivity index (χ1) is 14.8. The molecule has 0 aliphatic carbocycles. The van der Waals surface area contributed by atoms with Gasteiger partial charge in [-0.05, 0) is 35.7 Å². The van der Waals surface area contributed by atoms with Gasteiger partial charge < -0.3 is 19.0 Å². The van der Waals surface area contributed by atoms with Crippen LogP contribution < -0.4 is 5.56 Å². The number of fused-ring (bicyclic) bond motifs is 4. The summed E-state index contributed by atoms with van der Waals surface area (Å²) in [5.74, 6) is -3.00. The van der Waals surface area contributed by atoms with Crippen molar-refractivity contribution in [3.05, 3.63) is 87.4 Å². The molecular formula is C22H16F3N3O3. The molecule has 1 atom stereocenters. The van der Waals surface area contributed by atoms with Gasteiger partial charge in [0.15, 0.2) is 11.6 Å². The number of nitrogens with one attached hydrogen (secondary N) is 1. The van der Waals surface area contributed by atoms with E-state index in [2.05, 4.69) is 4.98 Å². The van der Waals surface area contributed by atoms with E-state index in [1.54, 1.807) is 23.7 Å². The zero-order chi connectivity index (χ0) is 21.9. The Labute approximate surface area is 173 Å². The van der Waals surface area contributed by atoms with Crippen LogP contribution in [0.4, 0.5) is 13.2 Å². The summed E-state index contributed by atoms with van der Waals surface area (Å²) in [6, 6.07) is 5.34. The summed E-state index contributed by atoms with van der Waals surface area (Å²) in [6.45, 7) is 0.185. The third-order valence-electron chi connectivity index (χ3n) is 5.63. The number of aromatic nitrogens is 2. The smallest absolute Gasteiger partial charge is 0.256 e. The van der Waals surface area contributed by atoms with Crippen molar-refractivity contribution in [2.75, 3.05) is 13.7 Å². The van der Waals surface area contributed by atoms with E-state index >= 15 is 0 Å². The molecule has 0 spiro atoms. The van der Waals surface area contributed by atoms with Gasteiger partial charge in [0.2, 0.25) is 0 Å². The van der Waals surface area contributed by atoms with Crippen molar-refractivity contribution in [1.29, 1.82) is 0 Å². The highest BCUT2D eigenvalue weighted by atomic mass is 19.2. The molecule has 1 aromatic carbocycles. The van der Waals surface area contributed by atoms with Crippen LogP contribution in [0, 0.1) is 17.5 Å². The van der Waals surface area contributed by atoms with Gasteiger partial charge >= 0.3 is 0 Å². The number of carbonyl (C=O) groups is 1. The van der Waals surface area contributed by atoms with Gasteiger partial charge in [-0.15, -0.1) is 0 Å². The normalized spacial score (nSPS) is 15.9. The van der Waals surface area contributed by atoms with E-state index in [-0.39, 0.29) is 29.9 Å². The minimum atomic E-state index is -1.13. The zero-order valence-corrected chi connectivity index (χ0v) is 16.3. The van der Waals surface area contributed by atoms with Crippen LogP contribution in [0.5, 0.6) is 0 Å². The minimum Gasteiger partial charge on any atom is -0.373 e. The molecule has 1 aliphatic rings. The van der Waals surface area contributed by atoms with Crippen molar-refractivity contribution in [2.45, 2.75) is 12.6 Å². The van der Waals surface area contributed by atoms with Crippen LogP contribution in [0.1, 0.15) is 27.7 Å². The molecule has 0 unspecified atom stereocenters. The maximum atomic E-state index is 14.0. The second kappa shape index (κ2) is 6.98. The Morgan fingerprint density at radius 1 is 1.16 bits per heavy atom. The van der Waals surface area contributed by atoms with Crippen molar-refractivity contribution in [3.8, 4) is 0 Å². The molecule has 4 aromatic rings. The number of amides is 1. The van der Waals surface area contributed by atoms with Crippen molar-refractivity contribution in [1.82, 2.24) is 14.3 Å². The second-order valence-electron chi connectivity index (χ2n) is 7.51. The van der Waals surface area contributed by atoms with Crippen LogP contribution in [0.15, 0.2) is 47.5 Å². The van der Waals surface area contributed by atoms with Gasteiger partial charge in [0.05, 0.1) is 30.2 Å². The van der Waals surface area contributed by atoms with Crippen LogP contribution >= 0.6 is 0 Å². The molecule has 1 N–H and O–H groups in total. The van der Waals surface area contributed by atoms with Gasteiger partial charge in [-0.2, -0.15) is 0 Å². The highest BCUT2D eigenvalue weighted by Gasteiger charge is 2.31. The first-order valence-corrected chi connectivity index (χ1v) is 9.49. The monoisotopic (exact) mass is 427 g/mol. The van der Waals surface area contributed by atoms with Gasteiger partial charge in [0, 0.05) is 36.2 Å². The lowest BCUT2D eigenvalue weighted by Gasteiger charge is -2.33. The number of aromatic amines is 1. The molecule has 0 saturated heterocycles. The van der Waals surface area contributed by atoms with Crippen molar-refractivity contribution >= 4 is 22.2 Å². The third kappa shape index (κ3) is 3.09. The molecule has 1 amide bonds. The Morgan fingerprint density at radius 2 is 1.90 bits per heavy atom. The van der Waals surface area contributed by atoms with Gasteiger partial charge in [0.1, 0.15) is 5.82 Å². The predicted octanol–water partition coefficient (Wildman–Crippen LogP) is 3.54. The average molecular weight is 427 g/mol. The minimum absolute atomic E-state index is 0.00419. The summed E-state index contributed by atoms with van der Waals surface area (Å²) in [6.07, 6.45) is 3.09. The maximum absolute atomic E-state index is 14.0. The molecule has 31 heavy (non-hydrogen) atoms. The Hall–Kier alpha value is -3.59. The number of benzene rings is 1. The Morgan fingerprint density at radius 3 is 2.68 bits per heavy atom. The molecule has 5 rings (SSSR count). The lowest BCUT2D eigenvalue weighted by atomic mass is 9.95. The molecule has 1 aliphatic heterocycles. The van der Waals surface area contributed by atoms with E-state index in [9.17, 15) is 22.8 Å². The van der Waals surface area contributed by atoms with Gasteiger partial charge in [0.25, 0.3) is 11.5 Å². The van der Waals surface area contributed by atoms with E-state index in [0.717, 1.165) is 12.1 Å². The fraction of sp³-hybridized carbons (Fsp3) is 0.182. The number of pyridine rings is 2. The summed E-state index contributed by atoms with van der Waals surface area (Å²) in [5.41, 5.74) is 1.19. The highest BCUT2D eigenvalue weighted by Crippen LogP contribution is 2.34. The largest absolute Gasteiger partial charge is 0.373 e. The SMILES string of the molecule is CN(C(=O)c1cc2cc(F)ccn2c1)[C@@H]1COCc2[nH]c(=O)c3cc(F)c(F)cc3c21. The quantitative estimate of drug-likeness (QED) is 0.532. The molecule has 0 fully saturated rings. The standard InChI is InChI=1S/C22H16F3N3O3/c1-27(22(30)11-4-13-5-12(23)2-3-28(13)8-11)19-10-31-9-18-20(19)14-6-16(24)17(25)7-15(14)21(29)26-18/h2-8,19H,9-10H2,1H3,(H,26,29)/t19-/m1/s1. The van der Waals surface area contributed by atoms with Crippen LogP contribution in [0.2, 0.25) is 0 Å². The van der Waals surface area contributed by atoms with E-state index in [4.69, 9.17) is 4.74 Å². The summed E-state index contributed by atoms with van der Waals surface area (Å²) in [5, 5.41) is 0.227. The molecule has 4 heterocycles. The molecule has 6 nitrogen and oxygen atoms in total. The zero-order valence-electron chi connectivity index (χ0n) is 16.3. The Bertz CT molecular complexity index is 1430. The van der Waals surface area contributed by atoms with Gasteiger partial charge in [-0.25, -0.2) is 13.2 Å². The second-order valence-corrected chi connectivity index (χ2v) is 7.51. The van der Waals surface area contributed by atoms with Crippen LogP contribution in [0.25, 0.3) is 16.3 Å². The molecule has 158 valence electrons. The number of halogens is 3. The lowest BCUT2D eigenvalue weighted by molar-refractivity contribution is 0.0336. The van der Waals surface area contributed by atoms with Crippen LogP contribution in [-0.4, -0.2) is 33.8 Å². The fourth-order valence-corrected chi connectivity index (χ4v) is 4.09. The maximum Gasteiger partial charge on any atom is 0.256 e. The van der Waals surface area contributed by atoms with Gasteiger partial charge in [-0.3, -0.25) is 9.59 Å². The Balaban J connectivity index is 1.61. The number of H-pyrrole nitrogens is 1. The number of hydrogen-bond donors (Lipinski definition) is 1. The molecule has 3 aromatic heterocycles. The molecule has 0 radical (unpaired) electrons. The first kappa shape index (κ1) is 19.4. The van der Waals surface area contributed by atoms with E-state index in [0.29, 0.717) is 22.3 Å². The van der Waals surface area contributed by atoms with E-state index in [1.807, 2.05) is 0 Å². The van der Waals surface area contributed by atoms with Crippen molar-refractivity contribution in [2.24, 2.45) is 0 Å². The lowest BCUT2D eigenvalue weighted by Crippen LogP contribution is -2.37. The Kier molecular flexibility index (Phi) is 4.37. The topological polar surface area (TPSA) is 66.8 Å². The van der Waals surface area contributed by atoms with Crippen LogP contribution in [-0.2, 0) is 11.3 Å². The number of carbonyl (C=O) groups excluding carboxylic acids is 1. The molecule has 0 saturated carbocycles. The predicted molar refractivity (Wildman–Crippen MR) is 106 cm³/mol. The summed E-state index contributed by atoms with van der Waals surface area (Å²) in [4.78, 5) is 29.6. The number of likely N-dealkylation sites (N-methyl/N-ethyl adjacent to an activating group) is 1. The van der Waals surface area contributed by atoms with E-state index in [1.165, 1.54) is 23.2 Å². The molecular weight excluding hydrogens is 411 g/mol. The van der Waals surface area contributed by atoms with E-state index < -0.39 is 29.1 Å². The number of hydrogen-bond acceptors (Lipinski definition) is 3. The highest BCUT2D eigenvalue weighted by molar-refractivity contribution is 5.96. The summed E-state index contributed by atoms with van der Waals surface area (Å²) < 4.78 is 48.4. The number of rotatable bonds is 2. The number of nitrogens with zero attached hydrogens (tertiary/aromatic N) is 2.